The van der Waals surface area contributed by atoms with Crippen LogP contribution in [0.2, 0.25) is 0 Å². The average molecular weight is 483 g/mol. The highest BCUT2D eigenvalue weighted by molar-refractivity contribution is 14.0. The Hall–Kier alpha value is -1.77. The number of aromatic nitrogens is 1. The minimum absolute atomic E-state index is 0. The number of guanidine groups is 1. The maximum Gasteiger partial charge on any atom is 0.194 e. The Balaban J connectivity index is 0.00000261. The third kappa shape index (κ3) is 6.41. The lowest BCUT2D eigenvalue weighted by Gasteiger charge is -2.29. The monoisotopic (exact) mass is 483 g/mol. The molecule has 6 nitrogen and oxygen atoms in total. The van der Waals surface area contributed by atoms with E-state index in [4.69, 9.17) is 4.52 Å². The van der Waals surface area contributed by atoms with Crippen LogP contribution in [-0.4, -0.2) is 42.7 Å². The lowest BCUT2D eigenvalue weighted by atomic mass is 10.1. The van der Waals surface area contributed by atoms with Gasteiger partial charge in [-0.1, -0.05) is 17.3 Å². The predicted molar refractivity (Wildman–Crippen MR) is 121 cm³/mol. The summed E-state index contributed by atoms with van der Waals surface area (Å²) in [4.78, 5) is 9.27. The molecule has 1 fully saturated rings. The quantitative estimate of drug-likeness (QED) is 0.384. The van der Waals surface area contributed by atoms with Crippen LogP contribution in [0, 0.1) is 0 Å². The Morgan fingerprint density at radius 2 is 1.93 bits per heavy atom. The Bertz CT molecular complexity index is 681. The van der Waals surface area contributed by atoms with Crippen LogP contribution in [0.1, 0.15) is 37.4 Å². The van der Waals surface area contributed by atoms with Crippen molar-refractivity contribution in [3.05, 3.63) is 47.9 Å². The summed E-state index contributed by atoms with van der Waals surface area (Å²) < 4.78 is 4.87. The first kappa shape index (κ1) is 21.5. The van der Waals surface area contributed by atoms with Crippen molar-refractivity contribution in [2.45, 2.75) is 39.3 Å². The Morgan fingerprint density at radius 1 is 1.19 bits per heavy atom. The molecule has 1 aromatic carbocycles. The number of anilines is 1. The number of hydrogen-bond acceptors (Lipinski definition) is 4. The lowest BCUT2D eigenvalue weighted by Crippen LogP contribution is -2.38. The van der Waals surface area contributed by atoms with E-state index >= 15 is 0 Å². The van der Waals surface area contributed by atoms with Gasteiger partial charge >= 0.3 is 0 Å². The minimum Gasteiger partial charge on any atom is -0.372 e. The zero-order valence-corrected chi connectivity index (χ0v) is 18.6. The highest BCUT2D eigenvalue weighted by atomic mass is 127. The fourth-order valence-corrected chi connectivity index (χ4v) is 3.26. The van der Waals surface area contributed by atoms with Crippen molar-refractivity contribution in [1.82, 2.24) is 15.4 Å². The van der Waals surface area contributed by atoms with E-state index in [0.717, 1.165) is 24.7 Å². The third-order valence-corrected chi connectivity index (χ3v) is 4.66. The summed E-state index contributed by atoms with van der Waals surface area (Å²) in [5.74, 6) is 0.871. The fourth-order valence-electron chi connectivity index (χ4n) is 3.26. The molecular weight excluding hydrogens is 453 g/mol. The van der Waals surface area contributed by atoms with E-state index in [2.05, 4.69) is 63.5 Å². The third-order valence-electron chi connectivity index (χ3n) is 4.66. The van der Waals surface area contributed by atoms with Crippen LogP contribution in [0.25, 0.3) is 0 Å². The summed E-state index contributed by atoms with van der Waals surface area (Å²) in [6.45, 7) is 6.59. The van der Waals surface area contributed by atoms with Gasteiger partial charge in [-0.2, -0.15) is 0 Å². The first-order chi connectivity index (χ1) is 12.8. The van der Waals surface area contributed by atoms with Gasteiger partial charge in [-0.3, -0.25) is 0 Å². The molecule has 2 heterocycles. The van der Waals surface area contributed by atoms with Gasteiger partial charge in [-0.15, -0.1) is 24.0 Å². The van der Waals surface area contributed by atoms with Crippen LogP contribution < -0.4 is 10.2 Å². The van der Waals surface area contributed by atoms with Crippen LogP contribution in [0.4, 0.5) is 5.69 Å². The Kier molecular flexibility index (Phi) is 8.90. The predicted octanol–water partition coefficient (Wildman–Crippen LogP) is 3.88. The molecule has 0 aliphatic carbocycles. The average Bonchev–Trinajstić information content (AvgIpc) is 3.20. The van der Waals surface area contributed by atoms with E-state index in [9.17, 15) is 0 Å². The second-order valence-corrected chi connectivity index (χ2v) is 6.73. The van der Waals surface area contributed by atoms with Crippen molar-refractivity contribution in [2.75, 3.05) is 31.6 Å². The van der Waals surface area contributed by atoms with E-state index < -0.39 is 0 Å². The molecule has 2 aromatic rings. The molecule has 3 rings (SSSR count). The van der Waals surface area contributed by atoms with E-state index in [1.54, 1.807) is 6.26 Å². The summed E-state index contributed by atoms with van der Waals surface area (Å²) in [6, 6.07) is 10.8. The number of halogens is 1. The van der Waals surface area contributed by atoms with Gasteiger partial charge in [0.15, 0.2) is 5.96 Å². The van der Waals surface area contributed by atoms with E-state index in [0.29, 0.717) is 6.54 Å². The number of benzene rings is 1. The van der Waals surface area contributed by atoms with Gasteiger partial charge in [-0.05, 0) is 43.9 Å². The maximum atomic E-state index is 4.87. The fraction of sp³-hybridized carbons (Fsp3) is 0.500. The van der Waals surface area contributed by atoms with Gasteiger partial charge in [0.05, 0.1) is 6.54 Å². The molecule has 1 N–H and O–H groups in total. The van der Waals surface area contributed by atoms with Crippen LogP contribution >= 0.6 is 24.0 Å². The van der Waals surface area contributed by atoms with Crippen LogP contribution in [0.3, 0.4) is 0 Å². The van der Waals surface area contributed by atoms with Gasteiger partial charge in [0.25, 0.3) is 0 Å². The van der Waals surface area contributed by atoms with Crippen LogP contribution in [0.15, 0.2) is 46.1 Å². The van der Waals surface area contributed by atoms with Crippen molar-refractivity contribution in [1.29, 1.82) is 0 Å². The molecule has 1 aliphatic rings. The molecule has 0 unspecified atom stereocenters. The van der Waals surface area contributed by atoms with E-state index in [1.165, 1.54) is 43.6 Å². The van der Waals surface area contributed by atoms with E-state index in [-0.39, 0.29) is 24.0 Å². The first-order valence-electron chi connectivity index (χ1n) is 9.49. The summed E-state index contributed by atoms with van der Waals surface area (Å²) in [5.41, 5.74) is 3.45. The van der Waals surface area contributed by atoms with Crippen molar-refractivity contribution >= 4 is 35.6 Å². The number of piperidine rings is 1. The molecule has 0 amide bonds. The highest BCUT2D eigenvalue weighted by Crippen LogP contribution is 2.20. The maximum absolute atomic E-state index is 4.87. The molecule has 0 bridgehead atoms. The molecule has 27 heavy (non-hydrogen) atoms. The topological polar surface area (TPSA) is 56.9 Å². The molecular formula is C20H30IN5O. The highest BCUT2D eigenvalue weighted by Gasteiger charge is 2.11. The molecule has 1 aromatic heterocycles. The van der Waals surface area contributed by atoms with Crippen LogP contribution in [-0.2, 0) is 13.1 Å². The number of aliphatic imine (C=N–C) groups is 1. The molecule has 7 heteroatoms. The second-order valence-electron chi connectivity index (χ2n) is 6.73. The van der Waals surface area contributed by atoms with Crippen molar-refractivity contribution in [2.24, 2.45) is 4.99 Å². The number of nitrogens with one attached hydrogen (secondary N) is 1. The molecule has 0 atom stereocenters. The summed E-state index contributed by atoms with van der Waals surface area (Å²) >= 11 is 0. The smallest absolute Gasteiger partial charge is 0.194 e. The van der Waals surface area contributed by atoms with E-state index in [1.807, 2.05) is 6.07 Å². The lowest BCUT2D eigenvalue weighted by molar-refractivity contribution is 0.411. The summed E-state index contributed by atoms with van der Waals surface area (Å²) in [5, 5.41) is 7.25. The number of nitrogens with zero attached hydrogens (tertiary/aromatic N) is 4. The van der Waals surface area contributed by atoms with Gasteiger partial charge in [0, 0.05) is 45.0 Å². The van der Waals surface area contributed by atoms with Crippen molar-refractivity contribution < 1.29 is 4.52 Å². The molecule has 0 saturated carbocycles. The van der Waals surface area contributed by atoms with Crippen molar-refractivity contribution in [3.8, 4) is 0 Å². The standard InChI is InChI=1S/C20H29N5O.HI/c1-3-21-20(22-15-18-11-14-26-23-18)24(2)16-17-7-9-19(10-8-17)25-12-5-4-6-13-25;/h7-11,14H,3-6,12-13,15-16H2,1-2H3,(H,21,22);1H. The molecule has 0 spiro atoms. The second kappa shape index (κ2) is 11.2. The summed E-state index contributed by atoms with van der Waals surface area (Å²) in [6.07, 6.45) is 5.54. The SMILES string of the molecule is CCNC(=NCc1ccon1)N(C)Cc1ccc(N2CCCCC2)cc1.I. The Morgan fingerprint density at radius 3 is 2.56 bits per heavy atom. The number of rotatable bonds is 6. The summed E-state index contributed by atoms with van der Waals surface area (Å²) in [7, 11) is 2.06. The van der Waals surface area contributed by atoms with Gasteiger partial charge < -0.3 is 19.6 Å². The normalized spacial score (nSPS) is 14.6. The first-order valence-corrected chi connectivity index (χ1v) is 9.49. The van der Waals surface area contributed by atoms with Crippen molar-refractivity contribution in [3.63, 3.8) is 0 Å². The molecule has 0 radical (unpaired) electrons. The molecule has 148 valence electrons. The van der Waals surface area contributed by atoms with Gasteiger partial charge in [-0.25, -0.2) is 4.99 Å². The minimum atomic E-state index is 0. The zero-order chi connectivity index (χ0) is 18.2. The zero-order valence-electron chi connectivity index (χ0n) is 16.2. The molecule has 1 aliphatic heterocycles. The largest absolute Gasteiger partial charge is 0.372 e. The van der Waals surface area contributed by atoms with Gasteiger partial charge in [0.1, 0.15) is 12.0 Å². The Labute approximate surface area is 179 Å². The van der Waals surface area contributed by atoms with Gasteiger partial charge in [0.2, 0.25) is 0 Å². The van der Waals surface area contributed by atoms with Crippen LogP contribution in [0.5, 0.6) is 0 Å². The number of hydrogen-bond donors (Lipinski definition) is 1. The molecule has 1 saturated heterocycles.